The van der Waals surface area contributed by atoms with Gasteiger partial charge in [-0.1, -0.05) is 24.3 Å². The number of likely N-dealkylation sites (N-methyl/N-ethyl adjacent to an activating group) is 1. The summed E-state index contributed by atoms with van der Waals surface area (Å²) in [5, 5.41) is 7.55. The lowest BCUT2D eigenvalue weighted by atomic mass is 9.85. The quantitative estimate of drug-likeness (QED) is 0.346. The van der Waals surface area contributed by atoms with Crippen molar-refractivity contribution in [1.29, 1.82) is 0 Å². The van der Waals surface area contributed by atoms with Crippen LogP contribution in [-0.4, -0.2) is 34.2 Å². The van der Waals surface area contributed by atoms with E-state index in [1.54, 1.807) is 9.58 Å². The van der Waals surface area contributed by atoms with Crippen molar-refractivity contribution in [3.05, 3.63) is 98.9 Å². The number of carbonyl (C=O) groups is 2. The van der Waals surface area contributed by atoms with E-state index in [9.17, 15) is 22.8 Å². The molecule has 0 fully saturated rings. The van der Waals surface area contributed by atoms with Crippen molar-refractivity contribution in [2.45, 2.75) is 38.9 Å². The second kappa shape index (κ2) is 9.75. The van der Waals surface area contributed by atoms with Crippen LogP contribution in [0.25, 0.3) is 5.69 Å². The van der Waals surface area contributed by atoms with Gasteiger partial charge < -0.3 is 5.32 Å². The second-order valence-electron chi connectivity index (χ2n) is 9.11. The highest BCUT2D eigenvalue weighted by molar-refractivity contribution is 7.12. The zero-order valence-corrected chi connectivity index (χ0v) is 21.7. The highest BCUT2D eigenvalue weighted by Gasteiger charge is 2.46. The average Bonchev–Trinajstić information content (AvgIpc) is 3.48. The molecule has 0 aliphatic carbocycles. The predicted octanol–water partition coefficient (Wildman–Crippen LogP) is 5.87. The van der Waals surface area contributed by atoms with Crippen molar-refractivity contribution < 1.29 is 22.8 Å². The van der Waals surface area contributed by atoms with Gasteiger partial charge in [0.25, 0.3) is 11.8 Å². The maximum absolute atomic E-state index is 14.0. The number of carbonyl (C=O) groups excluding carboxylic acids is 2. The normalized spacial score (nSPS) is 17.4. The number of hydrogen-bond acceptors (Lipinski definition) is 4. The summed E-state index contributed by atoms with van der Waals surface area (Å²) in [6, 6.07) is 16.5. The minimum atomic E-state index is -4.59. The largest absolute Gasteiger partial charge is 0.416 e. The molecule has 0 saturated heterocycles. The van der Waals surface area contributed by atoms with Crippen LogP contribution in [0.4, 0.5) is 19.0 Å². The predicted molar refractivity (Wildman–Crippen MR) is 140 cm³/mol. The first-order valence-electron chi connectivity index (χ1n) is 12.1. The monoisotopic (exact) mass is 538 g/mol. The Morgan fingerprint density at radius 3 is 2.42 bits per heavy atom. The van der Waals surface area contributed by atoms with Crippen molar-refractivity contribution in [2.75, 3.05) is 11.4 Å². The fourth-order valence-electron chi connectivity index (χ4n) is 4.92. The summed E-state index contributed by atoms with van der Waals surface area (Å²) in [4.78, 5) is 30.7. The number of halogens is 3. The Balaban J connectivity index is 1.64. The van der Waals surface area contributed by atoms with Gasteiger partial charge >= 0.3 is 6.18 Å². The van der Waals surface area contributed by atoms with Gasteiger partial charge in [0.1, 0.15) is 11.9 Å². The number of fused-ring (bicyclic) bond motifs is 1. The van der Waals surface area contributed by atoms with E-state index in [4.69, 9.17) is 5.10 Å². The first kappa shape index (κ1) is 25.7. The SMILES string of the molecule is CCN1C(=O)C(NC(=O)c2cccc(C(F)(F)F)c2)C(c2ccc(C)s2)c2c(C)nn(-c3ccccc3)c21. The molecular formula is C28H25F3N4O2S. The lowest BCUT2D eigenvalue weighted by molar-refractivity contribution is -0.137. The van der Waals surface area contributed by atoms with Crippen LogP contribution in [0.15, 0.2) is 66.7 Å². The van der Waals surface area contributed by atoms with Crippen molar-refractivity contribution in [1.82, 2.24) is 15.1 Å². The van der Waals surface area contributed by atoms with E-state index in [0.717, 1.165) is 33.1 Å². The van der Waals surface area contributed by atoms with Gasteiger partial charge in [0.15, 0.2) is 0 Å². The van der Waals surface area contributed by atoms with E-state index in [1.807, 2.05) is 63.2 Å². The average molecular weight is 539 g/mol. The molecule has 1 aliphatic heterocycles. The van der Waals surface area contributed by atoms with Crippen molar-refractivity contribution in [3.63, 3.8) is 0 Å². The molecular weight excluding hydrogens is 513 g/mol. The van der Waals surface area contributed by atoms with Crippen LogP contribution in [0.2, 0.25) is 0 Å². The number of alkyl halides is 3. The number of anilines is 1. The molecule has 10 heteroatoms. The maximum atomic E-state index is 14.0. The zero-order chi connectivity index (χ0) is 27.2. The number of rotatable bonds is 5. The summed E-state index contributed by atoms with van der Waals surface area (Å²) in [5.74, 6) is -1.04. The van der Waals surface area contributed by atoms with Crippen molar-refractivity contribution in [3.8, 4) is 5.69 Å². The van der Waals surface area contributed by atoms with E-state index < -0.39 is 29.6 Å². The minimum absolute atomic E-state index is 0.167. The maximum Gasteiger partial charge on any atom is 0.416 e. The third-order valence-electron chi connectivity index (χ3n) is 6.64. The Bertz CT molecular complexity index is 1510. The number of amides is 2. The zero-order valence-electron chi connectivity index (χ0n) is 20.9. The van der Waals surface area contributed by atoms with Crippen LogP contribution in [0.1, 0.15) is 49.8 Å². The Morgan fingerprint density at radius 1 is 1.05 bits per heavy atom. The smallest absolute Gasteiger partial charge is 0.339 e. The van der Waals surface area contributed by atoms with Crippen LogP contribution in [-0.2, 0) is 11.0 Å². The van der Waals surface area contributed by atoms with E-state index in [2.05, 4.69) is 5.32 Å². The molecule has 1 aliphatic rings. The molecule has 2 aromatic heterocycles. The molecule has 2 atom stereocenters. The van der Waals surface area contributed by atoms with Gasteiger partial charge in [-0.25, -0.2) is 4.68 Å². The second-order valence-corrected chi connectivity index (χ2v) is 10.4. The van der Waals surface area contributed by atoms with Gasteiger partial charge in [-0.15, -0.1) is 11.3 Å². The van der Waals surface area contributed by atoms with Gasteiger partial charge in [0, 0.05) is 27.4 Å². The topological polar surface area (TPSA) is 67.2 Å². The Kier molecular flexibility index (Phi) is 6.60. The van der Waals surface area contributed by atoms with Crippen LogP contribution in [0, 0.1) is 13.8 Å². The molecule has 0 bridgehead atoms. The van der Waals surface area contributed by atoms with Crippen molar-refractivity contribution >= 4 is 29.0 Å². The standard InChI is InChI=1S/C28H25F3N4O2S/c1-4-34-26-22(17(3)33-35(26)20-11-6-5-7-12-20)23(21-14-13-16(2)38-21)24(27(34)37)32-25(36)18-9-8-10-19(15-18)28(29,30)31/h5-15,23-24H,4H2,1-3H3,(H,32,36). The molecule has 38 heavy (non-hydrogen) atoms. The molecule has 2 amide bonds. The molecule has 5 rings (SSSR count). The molecule has 196 valence electrons. The van der Waals surface area contributed by atoms with Crippen LogP contribution < -0.4 is 10.2 Å². The Hall–Kier alpha value is -3.92. The minimum Gasteiger partial charge on any atom is -0.339 e. The number of nitrogens with zero attached hydrogens (tertiary/aromatic N) is 3. The number of nitrogens with one attached hydrogen (secondary N) is 1. The summed E-state index contributed by atoms with van der Waals surface area (Å²) in [5.41, 5.74) is 1.19. The van der Waals surface area contributed by atoms with Gasteiger partial charge in [0.2, 0.25) is 0 Å². The summed E-state index contributed by atoms with van der Waals surface area (Å²) in [6.45, 7) is 5.96. The fourth-order valence-corrected chi connectivity index (χ4v) is 5.95. The molecule has 2 unspecified atom stereocenters. The van der Waals surface area contributed by atoms with Crippen LogP contribution in [0.3, 0.4) is 0 Å². The van der Waals surface area contributed by atoms with Gasteiger partial charge in [-0.3, -0.25) is 14.5 Å². The van der Waals surface area contributed by atoms with E-state index in [-0.39, 0.29) is 11.5 Å². The number of para-hydroxylation sites is 1. The first-order valence-corrected chi connectivity index (χ1v) is 12.9. The van der Waals surface area contributed by atoms with E-state index >= 15 is 0 Å². The lowest BCUT2D eigenvalue weighted by Crippen LogP contribution is -2.55. The molecule has 0 saturated carbocycles. The first-order chi connectivity index (χ1) is 18.1. The van der Waals surface area contributed by atoms with Gasteiger partial charge in [-0.2, -0.15) is 18.3 Å². The van der Waals surface area contributed by atoms with Crippen molar-refractivity contribution in [2.24, 2.45) is 0 Å². The van der Waals surface area contributed by atoms with Crippen LogP contribution >= 0.6 is 11.3 Å². The molecule has 3 heterocycles. The number of benzene rings is 2. The number of thiophene rings is 1. The summed E-state index contributed by atoms with van der Waals surface area (Å²) < 4.78 is 41.6. The number of hydrogen-bond donors (Lipinski definition) is 1. The van der Waals surface area contributed by atoms with Gasteiger partial charge in [-0.05, 0) is 63.2 Å². The Labute approximate surface area is 221 Å². The third-order valence-corrected chi connectivity index (χ3v) is 7.72. The fraction of sp³-hybridized carbons (Fsp3) is 0.250. The summed E-state index contributed by atoms with van der Waals surface area (Å²) >= 11 is 1.51. The highest BCUT2D eigenvalue weighted by Crippen LogP contribution is 2.45. The highest BCUT2D eigenvalue weighted by atomic mass is 32.1. The molecule has 6 nitrogen and oxygen atoms in total. The number of aryl methyl sites for hydroxylation is 2. The third kappa shape index (κ3) is 4.49. The van der Waals surface area contributed by atoms with Crippen LogP contribution in [0.5, 0.6) is 0 Å². The summed E-state index contributed by atoms with van der Waals surface area (Å²) in [7, 11) is 0. The summed E-state index contributed by atoms with van der Waals surface area (Å²) in [6.07, 6.45) is -4.59. The molecule has 4 aromatic rings. The van der Waals surface area contributed by atoms with E-state index in [0.29, 0.717) is 18.1 Å². The molecule has 2 aromatic carbocycles. The molecule has 1 N–H and O–H groups in total. The van der Waals surface area contributed by atoms with Gasteiger partial charge in [0.05, 0.1) is 22.9 Å². The van der Waals surface area contributed by atoms with E-state index in [1.165, 1.54) is 23.5 Å². The molecule has 0 radical (unpaired) electrons. The Morgan fingerprint density at radius 2 is 1.79 bits per heavy atom. The number of aromatic nitrogens is 2. The lowest BCUT2D eigenvalue weighted by Gasteiger charge is -2.38. The molecule has 0 spiro atoms.